The highest BCUT2D eigenvalue weighted by atomic mass is 32.2. The molecule has 0 aliphatic carbocycles. The Balaban J connectivity index is 1.52. The van der Waals surface area contributed by atoms with E-state index in [0.717, 1.165) is 16.9 Å². The molecule has 4 aromatic rings. The molecule has 0 unspecified atom stereocenters. The molecule has 5 rings (SSSR count). The maximum atomic E-state index is 13.4. The lowest BCUT2D eigenvalue weighted by Crippen LogP contribution is -2.28. The Morgan fingerprint density at radius 3 is 2.36 bits per heavy atom. The second-order valence-corrected chi connectivity index (χ2v) is 9.24. The van der Waals surface area contributed by atoms with Crippen LogP contribution in [-0.4, -0.2) is 16.0 Å². The van der Waals surface area contributed by atoms with Crippen LogP contribution in [0, 0.1) is 24.0 Å². The van der Waals surface area contributed by atoms with Crippen molar-refractivity contribution in [3.63, 3.8) is 0 Å². The molecule has 1 saturated heterocycles. The van der Waals surface area contributed by atoms with Crippen molar-refractivity contribution in [3.05, 3.63) is 117 Å². The molecule has 0 spiro atoms. The number of amides is 1. The summed E-state index contributed by atoms with van der Waals surface area (Å²) in [7, 11) is 0. The van der Waals surface area contributed by atoms with E-state index < -0.39 is 4.92 Å². The largest absolute Gasteiger partial charge is 0.457 e. The average molecular weight is 496 g/mol. The normalized spacial score (nSPS) is 15.7. The Labute approximate surface area is 211 Å². The highest BCUT2D eigenvalue weighted by Gasteiger charge is 2.35. The lowest BCUT2D eigenvalue weighted by Gasteiger charge is -2.15. The zero-order chi connectivity index (χ0) is 25.2. The molecule has 1 fully saturated rings. The molecule has 1 aliphatic heterocycles. The number of aliphatic imine (C=N–C) groups is 1. The molecule has 178 valence electrons. The number of carbonyl (C=O) groups excluding carboxylic acids is 1. The molecule has 3 aromatic carbocycles. The van der Waals surface area contributed by atoms with Crippen LogP contribution in [-0.2, 0) is 4.79 Å². The lowest BCUT2D eigenvalue weighted by atomic mass is 10.0. The first-order chi connectivity index (χ1) is 17.4. The first kappa shape index (κ1) is 23.3. The first-order valence-electron chi connectivity index (χ1n) is 11.2. The van der Waals surface area contributed by atoms with Gasteiger partial charge in [-0.1, -0.05) is 36.4 Å². The maximum absolute atomic E-state index is 13.4. The summed E-state index contributed by atoms with van der Waals surface area (Å²) in [6.45, 7) is 3.51. The Morgan fingerprint density at radius 2 is 1.67 bits per heavy atom. The summed E-state index contributed by atoms with van der Waals surface area (Å²) in [6.07, 6.45) is 1.68. The fourth-order valence-electron chi connectivity index (χ4n) is 3.96. The number of benzene rings is 3. The summed E-state index contributed by atoms with van der Waals surface area (Å²) < 4.78 is 6.02. The van der Waals surface area contributed by atoms with E-state index in [9.17, 15) is 14.9 Å². The molecule has 0 saturated carbocycles. The van der Waals surface area contributed by atoms with Crippen molar-refractivity contribution in [2.75, 3.05) is 4.90 Å². The molecule has 1 aliphatic rings. The number of carbonyl (C=O) groups is 1. The van der Waals surface area contributed by atoms with Gasteiger partial charge in [0.05, 0.1) is 21.2 Å². The average Bonchev–Trinajstić information content (AvgIpc) is 3.46. The highest BCUT2D eigenvalue weighted by Crippen LogP contribution is 2.38. The van der Waals surface area contributed by atoms with E-state index in [1.165, 1.54) is 11.8 Å². The third kappa shape index (κ3) is 4.58. The van der Waals surface area contributed by atoms with Gasteiger partial charge in [-0.25, -0.2) is 4.99 Å². The number of aryl methyl sites for hydroxylation is 1. The number of anilines is 1. The molecule has 8 heteroatoms. The van der Waals surface area contributed by atoms with E-state index in [-0.39, 0.29) is 11.6 Å². The Morgan fingerprint density at radius 1 is 0.972 bits per heavy atom. The fraction of sp³-hybridized carbons (Fsp3) is 0.0714. The molecular formula is C28H21N3O4S. The molecule has 7 nitrogen and oxygen atoms in total. The molecule has 36 heavy (non-hydrogen) atoms. The minimum absolute atomic E-state index is 0.0445. The van der Waals surface area contributed by atoms with Crippen LogP contribution in [0.2, 0.25) is 0 Å². The maximum Gasteiger partial charge on any atom is 0.273 e. The summed E-state index contributed by atoms with van der Waals surface area (Å²) in [5.41, 5.74) is 3.44. The van der Waals surface area contributed by atoms with E-state index in [0.29, 0.717) is 32.7 Å². The van der Waals surface area contributed by atoms with E-state index in [1.807, 2.05) is 66.7 Å². The number of nitro benzene ring substituents is 1. The zero-order valence-electron chi connectivity index (χ0n) is 19.5. The summed E-state index contributed by atoms with van der Waals surface area (Å²) in [4.78, 5) is 31.3. The van der Waals surface area contributed by atoms with Crippen molar-refractivity contribution in [1.82, 2.24) is 0 Å². The predicted molar refractivity (Wildman–Crippen MR) is 143 cm³/mol. The number of furan rings is 1. The van der Waals surface area contributed by atoms with E-state index in [2.05, 4.69) is 0 Å². The van der Waals surface area contributed by atoms with Gasteiger partial charge < -0.3 is 4.42 Å². The number of nitro groups is 1. The van der Waals surface area contributed by atoms with Crippen molar-refractivity contribution in [2.24, 2.45) is 4.99 Å². The van der Waals surface area contributed by atoms with Crippen molar-refractivity contribution in [2.45, 2.75) is 13.8 Å². The van der Waals surface area contributed by atoms with Crippen molar-refractivity contribution < 1.29 is 14.1 Å². The van der Waals surface area contributed by atoms with E-state index in [1.54, 1.807) is 43.0 Å². The van der Waals surface area contributed by atoms with Crippen LogP contribution >= 0.6 is 11.8 Å². The summed E-state index contributed by atoms with van der Waals surface area (Å²) in [6, 6.07) is 25.7. The monoisotopic (exact) mass is 495 g/mol. The van der Waals surface area contributed by atoms with Crippen molar-refractivity contribution in [3.8, 4) is 11.3 Å². The van der Waals surface area contributed by atoms with Gasteiger partial charge >= 0.3 is 0 Å². The number of amidine groups is 1. The van der Waals surface area contributed by atoms with Crippen LogP contribution in [0.5, 0.6) is 0 Å². The quantitative estimate of drug-likeness (QED) is 0.165. The second kappa shape index (κ2) is 9.67. The summed E-state index contributed by atoms with van der Waals surface area (Å²) >= 11 is 1.27. The first-order valence-corrected chi connectivity index (χ1v) is 12.0. The fourth-order valence-corrected chi connectivity index (χ4v) is 4.94. The van der Waals surface area contributed by atoms with Gasteiger partial charge in [-0.05, 0) is 73.6 Å². The van der Waals surface area contributed by atoms with Gasteiger partial charge in [-0.2, -0.15) is 0 Å². The van der Waals surface area contributed by atoms with Crippen molar-refractivity contribution in [1.29, 1.82) is 0 Å². The Kier molecular flexibility index (Phi) is 6.26. The van der Waals surface area contributed by atoms with Gasteiger partial charge in [0.1, 0.15) is 11.5 Å². The molecule has 0 radical (unpaired) electrons. The van der Waals surface area contributed by atoms with Crippen LogP contribution in [0.15, 0.2) is 99.2 Å². The highest BCUT2D eigenvalue weighted by molar-refractivity contribution is 8.19. The third-order valence-electron chi connectivity index (χ3n) is 5.69. The number of para-hydroxylation sites is 2. The van der Waals surface area contributed by atoms with Crippen LogP contribution in [0.25, 0.3) is 17.4 Å². The molecule has 1 aromatic heterocycles. The van der Waals surface area contributed by atoms with Crippen LogP contribution in [0.4, 0.5) is 17.1 Å². The lowest BCUT2D eigenvalue weighted by molar-refractivity contribution is -0.385. The van der Waals surface area contributed by atoms with Gasteiger partial charge in [0.25, 0.3) is 11.6 Å². The minimum Gasteiger partial charge on any atom is -0.457 e. The Hall–Kier alpha value is -4.43. The smallest absolute Gasteiger partial charge is 0.273 e. The molecule has 2 heterocycles. The molecule has 0 atom stereocenters. The van der Waals surface area contributed by atoms with Crippen LogP contribution in [0.3, 0.4) is 0 Å². The predicted octanol–water partition coefficient (Wildman–Crippen LogP) is 7.28. The SMILES string of the molecule is Cc1cc(-c2ccc(C=C3SC(=Nc4ccccc4)N(c4ccccc4)C3=O)o2)c(C)c([N+](=O)[O-])c1. The number of rotatable bonds is 5. The second-order valence-electron chi connectivity index (χ2n) is 8.23. The van der Waals surface area contributed by atoms with E-state index >= 15 is 0 Å². The van der Waals surface area contributed by atoms with Gasteiger partial charge in [0.15, 0.2) is 5.17 Å². The molecule has 0 N–H and O–H groups in total. The zero-order valence-corrected chi connectivity index (χ0v) is 20.4. The van der Waals surface area contributed by atoms with Crippen LogP contribution in [0.1, 0.15) is 16.9 Å². The topological polar surface area (TPSA) is 89.0 Å². The number of thioether (sulfide) groups is 1. The molecular weight excluding hydrogens is 474 g/mol. The Bertz CT molecular complexity index is 1530. The minimum atomic E-state index is -0.392. The van der Waals surface area contributed by atoms with Gasteiger partial charge in [0, 0.05) is 23.3 Å². The summed E-state index contributed by atoms with van der Waals surface area (Å²) in [5.74, 6) is 0.763. The van der Waals surface area contributed by atoms with Gasteiger partial charge in [-0.3, -0.25) is 19.8 Å². The number of hydrogen-bond donors (Lipinski definition) is 0. The number of hydrogen-bond acceptors (Lipinski definition) is 6. The van der Waals surface area contributed by atoms with Crippen LogP contribution < -0.4 is 4.90 Å². The standard InChI is InChI=1S/C28H21N3O4S/c1-18-15-23(19(2)24(16-18)31(33)34)25-14-13-22(35-25)17-26-27(32)30(21-11-7-4-8-12-21)28(36-26)29-20-9-5-3-6-10-20/h3-17H,1-2H3. The van der Waals surface area contributed by atoms with Gasteiger partial charge in [-0.15, -0.1) is 0 Å². The number of nitrogens with zero attached hydrogens (tertiary/aromatic N) is 3. The molecule has 1 amide bonds. The van der Waals surface area contributed by atoms with E-state index in [4.69, 9.17) is 9.41 Å². The summed E-state index contributed by atoms with van der Waals surface area (Å²) in [5, 5.41) is 12.0. The van der Waals surface area contributed by atoms with Crippen molar-refractivity contribution >= 4 is 46.0 Å². The third-order valence-corrected chi connectivity index (χ3v) is 6.66. The molecule has 0 bridgehead atoms. The van der Waals surface area contributed by atoms with Gasteiger partial charge in [0.2, 0.25) is 0 Å².